The van der Waals surface area contributed by atoms with Crippen molar-refractivity contribution >= 4 is 11.3 Å². The Morgan fingerprint density at radius 2 is 2.19 bits per heavy atom. The van der Waals surface area contributed by atoms with Crippen molar-refractivity contribution in [3.63, 3.8) is 0 Å². The molecule has 1 aliphatic heterocycles. The predicted octanol–water partition coefficient (Wildman–Crippen LogP) is 4.25. The summed E-state index contributed by atoms with van der Waals surface area (Å²) in [6.07, 6.45) is 6.94. The van der Waals surface area contributed by atoms with E-state index in [0.29, 0.717) is 11.5 Å². The van der Waals surface area contributed by atoms with Crippen LogP contribution in [0.5, 0.6) is 0 Å². The molecule has 2 unspecified atom stereocenters. The van der Waals surface area contributed by atoms with Crippen molar-refractivity contribution in [3.05, 3.63) is 22.4 Å². The fraction of sp³-hybridized carbons (Fsp3) is 0.778. The van der Waals surface area contributed by atoms with Gasteiger partial charge in [0, 0.05) is 29.0 Å². The number of hydrogen-bond acceptors (Lipinski definition) is 3. The molecule has 2 fully saturated rings. The molecule has 0 spiro atoms. The van der Waals surface area contributed by atoms with E-state index in [1.54, 1.807) is 0 Å². The molecular weight excluding hydrogens is 278 g/mol. The highest BCUT2D eigenvalue weighted by molar-refractivity contribution is 7.09. The van der Waals surface area contributed by atoms with Crippen LogP contribution in [-0.2, 0) is 11.2 Å². The molecule has 1 aliphatic carbocycles. The lowest BCUT2D eigenvalue weighted by molar-refractivity contribution is 0.0240. The van der Waals surface area contributed by atoms with E-state index in [-0.39, 0.29) is 5.54 Å². The number of hydrogen-bond donors (Lipinski definition) is 1. The third kappa shape index (κ3) is 3.88. The van der Waals surface area contributed by atoms with Gasteiger partial charge in [-0.1, -0.05) is 6.07 Å². The molecule has 0 bridgehead atoms. The van der Waals surface area contributed by atoms with Crippen molar-refractivity contribution in [1.29, 1.82) is 0 Å². The molecule has 1 N–H and O–H groups in total. The molecule has 1 saturated heterocycles. The summed E-state index contributed by atoms with van der Waals surface area (Å²) in [4.78, 5) is 1.52. The molecule has 2 nitrogen and oxygen atoms in total. The predicted molar refractivity (Wildman–Crippen MR) is 89.9 cm³/mol. The van der Waals surface area contributed by atoms with Gasteiger partial charge in [0.15, 0.2) is 0 Å². The number of ether oxygens (including phenoxy) is 1. The fourth-order valence-electron chi connectivity index (χ4n) is 3.56. The van der Waals surface area contributed by atoms with E-state index in [0.717, 1.165) is 19.1 Å². The standard InChI is InChI=1S/C18H29NOS/c1-17(2,3)19-13-18(9-8-15-5-4-12-21-15)10-11-20-16(18)14-6-7-14/h4-5,12,14,16,19H,6-11,13H2,1-3H3. The topological polar surface area (TPSA) is 21.3 Å². The molecule has 3 rings (SSSR count). The number of rotatable bonds is 6. The fourth-order valence-corrected chi connectivity index (χ4v) is 4.27. The summed E-state index contributed by atoms with van der Waals surface area (Å²) in [5, 5.41) is 5.96. The van der Waals surface area contributed by atoms with E-state index in [1.165, 1.54) is 37.0 Å². The van der Waals surface area contributed by atoms with E-state index in [4.69, 9.17) is 4.74 Å². The second-order valence-corrected chi connectivity index (χ2v) is 8.96. The van der Waals surface area contributed by atoms with Crippen LogP contribution in [0, 0.1) is 11.3 Å². The zero-order valence-electron chi connectivity index (χ0n) is 13.7. The van der Waals surface area contributed by atoms with Crippen LogP contribution in [0.2, 0.25) is 0 Å². The maximum atomic E-state index is 6.19. The normalized spacial score (nSPS) is 30.0. The molecule has 118 valence electrons. The first-order chi connectivity index (χ1) is 9.99. The number of nitrogens with one attached hydrogen (secondary N) is 1. The summed E-state index contributed by atoms with van der Waals surface area (Å²) >= 11 is 1.89. The van der Waals surface area contributed by atoms with Gasteiger partial charge in [0.25, 0.3) is 0 Å². The Balaban J connectivity index is 1.70. The van der Waals surface area contributed by atoms with Gasteiger partial charge in [-0.15, -0.1) is 11.3 Å². The molecule has 2 aliphatic rings. The highest BCUT2D eigenvalue weighted by Crippen LogP contribution is 2.50. The third-order valence-corrected chi connectivity index (χ3v) is 5.91. The SMILES string of the molecule is CC(C)(C)NCC1(CCc2cccs2)CCOC1C1CC1. The van der Waals surface area contributed by atoms with Gasteiger partial charge in [-0.2, -0.15) is 0 Å². The Bertz CT molecular complexity index is 446. The maximum absolute atomic E-state index is 6.19. The highest BCUT2D eigenvalue weighted by Gasteiger charge is 2.50. The summed E-state index contributed by atoms with van der Waals surface area (Å²) in [7, 11) is 0. The molecule has 2 heterocycles. The second-order valence-electron chi connectivity index (χ2n) is 7.92. The van der Waals surface area contributed by atoms with Crippen LogP contribution in [0.1, 0.15) is 51.3 Å². The summed E-state index contributed by atoms with van der Waals surface area (Å²) in [5.74, 6) is 0.831. The molecule has 2 atom stereocenters. The molecular formula is C18H29NOS. The first-order valence-electron chi connectivity index (χ1n) is 8.38. The van der Waals surface area contributed by atoms with Crippen LogP contribution in [0.25, 0.3) is 0 Å². The highest BCUT2D eigenvalue weighted by atomic mass is 32.1. The largest absolute Gasteiger partial charge is 0.377 e. The van der Waals surface area contributed by atoms with Gasteiger partial charge >= 0.3 is 0 Å². The Kier molecular flexibility index (Phi) is 4.45. The summed E-state index contributed by atoms with van der Waals surface area (Å²) in [6, 6.07) is 4.45. The van der Waals surface area contributed by atoms with E-state index >= 15 is 0 Å². The van der Waals surface area contributed by atoms with Crippen molar-refractivity contribution in [2.45, 2.75) is 64.5 Å². The van der Waals surface area contributed by atoms with E-state index in [9.17, 15) is 0 Å². The average molecular weight is 308 g/mol. The Hall–Kier alpha value is -0.380. The molecule has 0 radical (unpaired) electrons. The minimum absolute atomic E-state index is 0.187. The monoisotopic (exact) mass is 307 g/mol. The van der Waals surface area contributed by atoms with Crippen molar-refractivity contribution in [2.75, 3.05) is 13.2 Å². The minimum atomic E-state index is 0.187. The lowest BCUT2D eigenvalue weighted by atomic mass is 9.74. The minimum Gasteiger partial charge on any atom is -0.377 e. The zero-order chi connectivity index (χ0) is 14.9. The quantitative estimate of drug-likeness (QED) is 0.848. The van der Waals surface area contributed by atoms with Crippen molar-refractivity contribution < 1.29 is 4.74 Å². The van der Waals surface area contributed by atoms with E-state index in [1.807, 2.05) is 11.3 Å². The lowest BCUT2D eigenvalue weighted by Crippen LogP contribution is -2.48. The van der Waals surface area contributed by atoms with Gasteiger partial charge in [-0.25, -0.2) is 0 Å². The molecule has 3 heteroatoms. The van der Waals surface area contributed by atoms with Crippen LogP contribution in [0.4, 0.5) is 0 Å². The van der Waals surface area contributed by atoms with Gasteiger partial charge in [0.05, 0.1) is 6.10 Å². The van der Waals surface area contributed by atoms with Gasteiger partial charge < -0.3 is 10.1 Å². The molecule has 21 heavy (non-hydrogen) atoms. The van der Waals surface area contributed by atoms with E-state index in [2.05, 4.69) is 43.6 Å². The molecule has 1 aromatic rings. The average Bonchev–Trinajstić information content (AvgIpc) is 2.98. The first-order valence-corrected chi connectivity index (χ1v) is 9.26. The smallest absolute Gasteiger partial charge is 0.0672 e. The number of thiophene rings is 1. The summed E-state index contributed by atoms with van der Waals surface area (Å²) in [5.41, 5.74) is 0.533. The lowest BCUT2D eigenvalue weighted by Gasteiger charge is -2.37. The molecule has 1 aromatic heterocycles. The molecule has 1 saturated carbocycles. The number of aryl methyl sites for hydroxylation is 1. The molecule has 0 amide bonds. The van der Waals surface area contributed by atoms with Crippen LogP contribution >= 0.6 is 11.3 Å². The van der Waals surface area contributed by atoms with Crippen molar-refractivity contribution in [2.24, 2.45) is 11.3 Å². The van der Waals surface area contributed by atoms with Crippen LogP contribution < -0.4 is 5.32 Å². The maximum Gasteiger partial charge on any atom is 0.0672 e. The Morgan fingerprint density at radius 1 is 1.38 bits per heavy atom. The van der Waals surface area contributed by atoms with Crippen molar-refractivity contribution in [3.8, 4) is 0 Å². The van der Waals surface area contributed by atoms with Gasteiger partial charge in [-0.3, -0.25) is 0 Å². The van der Waals surface area contributed by atoms with Gasteiger partial charge in [0.1, 0.15) is 0 Å². The molecule has 0 aromatic carbocycles. The van der Waals surface area contributed by atoms with Gasteiger partial charge in [0.2, 0.25) is 0 Å². The second kappa shape index (κ2) is 6.02. The van der Waals surface area contributed by atoms with Crippen LogP contribution in [0.3, 0.4) is 0 Å². The summed E-state index contributed by atoms with van der Waals surface area (Å²) in [6.45, 7) is 8.85. The van der Waals surface area contributed by atoms with Crippen LogP contribution in [0.15, 0.2) is 17.5 Å². The third-order valence-electron chi connectivity index (χ3n) is 4.97. The first kappa shape index (κ1) is 15.5. The van der Waals surface area contributed by atoms with Gasteiger partial charge in [-0.05, 0) is 70.2 Å². The van der Waals surface area contributed by atoms with Crippen molar-refractivity contribution in [1.82, 2.24) is 5.32 Å². The summed E-state index contributed by atoms with van der Waals surface area (Å²) < 4.78 is 6.19. The Labute approximate surface area is 133 Å². The van der Waals surface area contributed by atoms with E-state index < -0.39 is 0 Å². The Morgan fingerprint density at radius 3 is 2.81 bits per heavy atom. The van der Waals surface area contributed by atoms with Crippen LogP contribution in [-0.4, -0.2) is 24.8 Å². The zero-order valence-corrected chi connectivity index (χ0v) is 14.5.